The predicted octanol–water partition coefficient (Wildman–Crippen LogP) is 1.39. The molecule has 104 valence electrons. The molecule has 3 rings (SSSR count). The number of fused-ring (bicyclic) bond motifs is 1. The summed E-state index contributed by atoms with van der Waals surface area (Å²) < 4.78 is 2.12. The molecule has 1 fully saturated rings. The monoisotopic (exact) mass is 279 g/mol. The minimum absolute atomic E-state index is 0.544. The third-order valence-electron chi connectivity index (χ3n) is 3.74. The van der Waals surface area contributed by atoms with E-state index in [-0.39, 0.29) is 0 Å². The van der Waals surface area contributed by atoms with Gasteiger partial charge in [0.05, 0.1) is 5.69 Å². The standard InChI is InChI=1S/C13H21N5S/c1-2-3-16-4-6-17(7-5-16)12-11(10-14)18-8-9-19-13(18)15-12/h8-9H,2-7,10,14H2,1H3. The molecule has 0 atom stereocenters. The van der Waals surface area contributed by atoms with Gasteiger partial charge in [0.15, 0.2) is 10.8 Å². The molecule has 1 saturated heterocycles. The van der Waals surface area contributed by atoms with Crippen LogP contribution in [0.5, 0.6) is 0 Å². The van der Waals surface area contributed by atoms with Crippen molar-refractivity contribution in [1.82, 2.24) is 14.3 Å². The molecule has 1 aliphatic rings. The third kappa shape index (κ3) is 2.35. The molecule has 0 saturated carbocycles. The van der Waals surface area contributed by atoms with E-state index in [0.717, 1.165) is 42.7 Å². The number of imidazole rings is 1. The van der Waals surface area contributed by atoms with E-state index in [2.05, 4.69) is 32.7 Å². The molecule has 0 amide bonds. The van der Waals surface area contributed by atoms with E-state index in [0.29, 0.717) is 6.54 Å². The van der Waals surface area contributed by atoms with E-state index in [1.165, 1.54) is 13.0 Å². The summed E-state index contributed by atoms with van der Waals surface area (Å²) in [5, 5.41) is 2.06. The lowest BCUT2D eigenvalue weighted by atomic mass is 10.2. The Balaban J connectivity index is 1.79. The highest BCUT2D eigenvalue weighted by Gasteiger charge is 2.22. The lowest BCUT2D eigenvalue weighted by Crippen LogP contribution is -2.47. The number of anilines is 1. The Kier molecular flexibility index (Phi) is 3.72. The average Bonchev–Trinajstić information content (AvgIpc) is 3.00. The van der Waals surface area contributed by atoms with Crippen LogP contribution in [0.25, 0.3) is 4.96 Å². The van der Waals surface area contributed by atoms with E-state index in [4.69, 9.17) is 10.7 Å². The molecule has 1 aliphatic heterocycles. The summed E-state index contributed by atoms with van der Waals surface area (Å²) in [5.74, 6) is 1.09. The Labute approximate surface area is 117 Å². The summed E-state index contributed by atoms with van der Waals surface area (Å²) in [6.07, 6.45) is 3.29. The second-order valence-electron chi connectivity index (χ2n) is 4.97. The summed E-state index contributed by atoms with van der Waals surface area (Å²) >= 11 is 1.67. The van der Waals surface area contributed by atoms with Gasteiger partial charge in [0, 0.05) is 44.3 Å². The topological polar surface area (TPSA) is 49.8 Å². The Morgan fingerprint density at radius 2 is 2.11 bits per heavy atom. The number of nitrogens with two attached hydrogens (primary N) is 1. The van der Waals surface area contributed by atoms with Crippen LogP contribution in [0.4, 0.5) is 5.82 Å². The van der Waals surface area contributed by atoms with Crippen molar-refractivity contribution in [2.24, 2.45) is 5.73 Å². The average molecular weight is 279 g/mol. The van der Waals surface area contributed by atoms with E-state index < -0.39 is 0 Å². The number of rotatable bonds is 4. The predicted molar refractivity (Wildman–Crippen MR) is 79.9 cm³/mol. The Morgan fingerprint density at radius 3 is 2.79 bits per heavy atom. The molecule has 2 aromatic heterocycles. The van der Waals surface area contributed by atoms with Crippen LogP contribution in [0.15, 0.2) is 11.6 Å². The molecule has 0 unspecified atom stereocenters. The first-order valence-electron chi connectivity index (χ1n) is 6.95. The third-order valence-corrected chi connectivity index (χ3v) is 4.50. The Bertz CT molecular complexity index is 538. The highest BCUT2D eigenvalue weighted by atomic mass is 32.1. The minimum atomic E-state index is 0.544. The molecule has 5 nitrogen and oxygen atoms in total. The summed E-state index contributed by atoms with van der Waals surface area (Å²) in [5.41, 5.74) is 7.05. The van der Waals surface area contributed by atoms with Crippen molar-refractivity contribution in [2.75, 3.05) is 37.6 Å². The van der Waals surface area contributed by atoms with Gasteiger partial charge in [0.25, 0.3) is 0 Å². The number of hydrogen-bond donors (Lipinski definition) is 1. The lowest BCUT2D eigenvalue weighted by molar-refractivity contribution is 0.258. The zero-order valence-electron chi connectivity index (χ0n) is 11.4. The first kappa shape index (κ1) is 12.9. The normalized spacial score (nSPS) is 17.5. The molecular weight excluding hydrogens is 258 g/mol. The zero-order chi connectivity index (χ0) is 13.2. The summed E-state index contributed by atoms with van der Waals surface area (Å²) in [7, 11) is 0. The summed E-state index contributed by atoms with van der Waals surface area (Å²) in [4.78, 5) is 10.7. The zero-order valence-corrected chi connectivity index (χ0v) is 12.2. The molecule has 0 radical (unpaired) electrons. The van der Waals surface area contributed by atoms with Crippen molar-refractivity contribution in [3.05, 3.63) is 17.3 Å². The highest BCUT2D eigenvalue weighted by molar-refractivity contribution is 7.15. The molecule has 0 aromatic carbocycles. The number of aromatic nitrogens is 2. The van der Waals surface area contributed by atoms with Gasteiger partial charge >= 0.3 is 0 Å². The van der Waals surface area contributed by atoms with Crippen molar-refractivity contribution >= 4 is 22.1 Å². The maximum atomic E-state index is 5.91. The SMILES string of the molecule is CCCN1CCN(c2nc3sccn3c2CN)CC1. The van der Waals surface area contributed by atoms with Gasteiger partial charge in [-0.15, -0.1) is 11.3 Å². The Morgan fingerprint density at radius 1 is 1.32 bits per heavy atom. The molecule has 3 heterocycles. The fraction of sp³-hybridized carbons (Fsp3) is 0.615. The second kappa shape index (κ2) is 5.48. The van der Waals surface area contributed by atoms with Gasteiger partial charge in [-0.3, -0.25) is 9.30 Å². The van der Waals surface area contributed by atoms with Gasteiger partial charge < -0.3 is 10.6 Å². The summed E-state index contributed by atoms with van der Waals surface area (Å²) in [6.45, 7) is 8.35. The van der Waals surface area contributed by atoms with Gasteiger partial charge in [0.2, 0.25) is 0 Å². The van der Waals surface area contributed by atoms with Crippen molar-refractivity contribution < 1.29 is 0 Å². The Hall–Kier alpha value is -1.11. The largest absolute Gasteiger partial charge is 0.352 e. The fourth-order valence-corrected chi connectivity index (χ4v) is 3.49. The summed E-state index contributed by atoms with van der Waals surface area (Å²) in [6, 6.07) is 0. The van der Waals surface area contributed by atoms with E-state index in [9.17, 15) is 0 Å². The molecule has 19 heavy (non-hydrogen) atoms. The number of piperazine rings is 1. The molecule has 0 spiro atoms. The molecule has 6 heteroatoms. The van der Waals surface area contributed by atoms with Gasteiger partial charge in [-0.25, -0.2) is 4.98 Å². The van der Waals surface area contributed by atoms with Crippen LogP contribution in [-0.2, 0) is 6.54 Å². The maximum Gasteiger partial charge on any atom is 0.195 e. The van der Waals surface area contributed by atoms with Crippen molar-refractivity contribution in [1.29, 1.82) is 0 Å². The molecular formula is C13H21N5S. The van der Waals surface area contributed by atoms with Crippen LogP contribution in [0.3, 0.4) is 0 Å². The lowest BCUT2D eigenvalue weighted by Gasteiger charge is -2.35. The van der Waals surface area contributed by atoms with Crippen LogP contribution < -0.4 is 10.6 Å². The van der Waals surface area contributed by atoms with Crippen LogP contribution in [0, 0.1) is 0 Å². The number of thiazole rings is 1. The molecule has 0 aliphatic carbocycles. The second-order valence-corrected chi connectivity index (χ2v) is 5.84. The van der Waals surface area contributed by atoms with Crippen LogP contribution in [0.2, 0.25) is 0 Å². The van der Waals surface area contributed by atoms with Crippen LogP contribution in [0.1, 0.15) is 19.0 Å². The first-order valence-corrected chi connectivity index (χ1v) is 7.83. The van der Waals surface area contributed by atoms with Gasteiger partial charge in [-0.2, -0.15) is 0 Å². The molecule has 2 aromatic rings. The van der Waals surface area contributed by atoms with Gasteiger partial charge in [-0.05, 0) is 13.0 Å². The first-order chi connectivity index (χ1) is 9.33. The van der Waals surface area contributed by atoms with Crippen molar-refractivity contribution in [3.63, 3.8) is 0 Å². The van der Waals surface area contributed by atoms with E-state index in [1.54, 1.807) is 11.3 Å². The fourth-order valence-electron chi connectivity index (χ4n) is 2.76. The van der Waals surface area contributed by atoms with Crippen LogP contribution >= 0.6 is 11.3 Å². The number of hydrogen-bond acceptors (Lipinski definition) is 5. The van der Waals surface area contributed by atoms with Crippen molar-refractivity contribution in [3.8, 4) is 0 Å². The molecule has 2 N–H and O–H groups in total. The number of nitrogens with zero attached hydrogens (tertiary/aromatic N) is 4. The van der Waals surface area contributed by atoms with Crippen LogP contribution in [-0.4, -0.2) is 47.0 Å². The quantitative estimate of drug-likeness (QED) is 0.919. The smallest absolute Gasteiger partial charge is 0.195 e. The van der Waals surface area contributed by atoms with Gasteiger partial charge in [-0.1, -0.05) is 6.92 Å². The van der Waals surface area contributed by atoms with Crippen molar-refractivity contribution in [2.45, 2.75) is 19.9 Å². The highest BCUT2D eigenvalue weighted by Crippen LogP contribution is 2.25. The minimum Gasteiger partial charge on any atom is -0.352 e. The van der Waals surface area contributed by atoms with E-state index in [1.807, 2.05) is 0 Å². The maximum absolute atomic E-state index is 5.91. The van der Waals surface area contributed by atoms with Gasteiger partial charge in [0.1, 0.15) is 0 Å². The van der Waals surface area contributed by atoms with E-state index >= 15 is 0 Å². The molecule has 0 bridgehead atoms.